The Bertz CT molecular complexity index is 812. The summed E-state index contributed by atoms with van der Waals surface area (Å²) in [6.07, 6.45) is 2.89. The first-order valence-electron chi connectivity index (χ1n) is 11.1. The molecule has 0 spiro atoms. The van der Waals surface area contributed by atoms with Crippen molar-refractivity contribution in [3.05, 3.63) is 40.5 Å². The van der Waals surface area contributed by atoms with Gasteiger partial charge in [0.2, 0.25) is 5.91 Å². The Kier molecular flexibility index (Phi) is 7.67. The number of hydrogen-bond acceptors (Lipinski definition) is 5. The summed E-state index contributed by atoms with van der Waals surface area (Å²) in [5, 5.41) is 6.14. The van der Waals surface area contributed by atoms with Crippen molar-refractivity contribution >= 4 is 17.4 Å². The average molecular weight is 414 g/mol. The standard InChI is InChI=1S/C24H35N3O3/c1-5-27(19-9-11-30-12-10-19)22-8-6-7-20(18(22)4)23(28)15-25-14-21-16(2)13-17(3)26-24(21)29/h6-8,17,19,25H,5,9-15H2,1-4H3,(H,26,29). The Morgan fingerprint density at radius 1 is 1.27 bits per heavy atom. The van der Waals surface area contributed by atoms with Crippen LogP contribution in [0.3, 0.4) is 0 Å². The molecule has 1 aromatic rings. The predicted octanol–water partition coefficient (Wildman–Crippen LogP) is 3.00. The molecule has 2 heterocycles. The first-order valence-corrected chi connectivity index (χ1v) is 11.1. The molecule has 1 saturated heterocycles. The van der Waals surface area contributed by atoms with Crippen LogP contribution in [0.1, 0.15) is 56.0 Å². The van der Waals surface area contributed by atoms with Crippen molar-refractivity contribution in [2.24, 2.45) is 0 Å². The molecule has 6 heteroatoms. The molecule has 1 atom stereocenters. The Morgan fingerprint density at radius 2 is 2.00 bits per heavy atom. The number of anilines is 1. The van der Waals surface area contributed by atoms with E-state index < -0.39 is 0 Å². The van der Waals surface area contributed by atoms with Crippen molar-refractivity contribution in [3.8, 4) is 0 Å². The van der Waals surface area contributed by atoms with Crippen LogP contribution < -0.4 is 15.5 Å². The van der Waals surface area contributed by atoms with Crippen LogP contribution in [0.2, 0.25) is 0 Å². The molecule has 1 amide bonds. The summed E-state index contributed by atoms with van der Waals surface area (Å²) < 4.78 is 5.52. The van der Waals surface area contributed by atoms with Crippen LogP contribution in [-0.2, 0) is 9.53 Å². The fraction of sp³-hybridized carbons (Fsp3) is 0.583. The molecule has 0 bridgehead atoms. The van der Waals surface area contributed by atoms with Gasteiger partial charge in [0, 0.05) is 55.2 Å². The van der Waals surface area contributed by atoms with Crippen LogP contribution in [-0.4, -0.2) is 56.6 Å². The second-order valence-corrected chi connectivity index (χ2v) is 8.44. The molecule has 1 unspecified atom stereocenters. The first-order chi connectivity index (χ1) is 14.4. The van der Waals surface area contributed by atoms with Crippen molar-refractivity contribution in [2.75, 3.05) is 37.7 Å². The Hall–Kier alpha value is -2.18. The van der Waals surface area contributed by atoms with E-state index in [-0.39, 0.29) is 24.3 Å². The summed E-state index contributed by atoms with van der Waals surface area (Å²) in [5.74, 6) is 0.0274. The Morgan fingerprint density at radius 3 is 2.67 bits per heavy atom. The molecule has 1 fully saturated rings. The quantitative estimate of drug-likeness (QED) is 0.641. The lowest BCUT2D eigenvalue weighted by Crippen LogP contribution is -2.41. The van der Waals surface area contributed by atoms with Gasteiger partial charge in [-0.15, -0.1) is 0 Å². The van der Waals surface area contributed by atoms with Gasteiger partial charge in [0.05, 0.1) is 6.54 Å². The molecular weight excluding hydrogens is 378 g/mol. The fourth-order valence-corrected chi connectivity index (χ4v) is 4.62. The molecule has 164 valence electrons. The van der Waals surface area contributed by atoms with E-state index in [0.29, 0.717) is 12.6 Å². The summed E-state index contributed by atoms with van der Waals surface area (Å²) >= 11 is 0. The highest BCUT2D eigenvalue weighted by Gasteiger charge is 2.24. The first kappa shape index (κ1) is 22.5. The predicted molar refractivity (Wildman–Crippen MR) is 120 cm³/mol. The van der Waals surface area contributed by atoms with Crippen molar-refractivity contribution in [2.45, 2.75) is 59.0 Å². The van der Waals surface area contributed by atoms with Gasteiger partial charge < -0.3 is 20.3 Å². The second kappa shape index (κ2) is 10.2. The maximum absolute atomic E-state index is 12.9. The zero-order valence-corrected chi connectivity index (χ0v) is 18.7. The van der Waals surface area contributed by atoms with E-state index in [2.05, 4.69) is 28.5 Å². The van der Waals surface area contributed by atoms with E-state index >= 15 is 0 Å². The van der Waals surface area contributed by atoms with E-state index in [1.54, 1.807) is 0 Å². The van der Waals surface area contributed by atoms with Crippen LogP contribution >= 0.6 is 0 Å². The molecule has 0 saturated carbocycles. The molecule has 6 nitrogen and oxygen atoms in total. The number of ketones is 1. The normalized spacial score (nSPS) is 20.3. The number of hydrogen-bond donors (Lipinski definition) is 2. The van der Waals surface area contributed by atoms with Gasteiger partial charge in [0.25, 0.3) is 0 Å². The summed E-state index contributed by atoms with van der Waals surface area (Å²) in [6.45, 7) is 11.3. The molecule has 3 rings (SSSR count). The number of carbonyl (C=O) groups excluding carboxylic acids is 2. The molecule has 2 aliphatic heterocycles. The van der Waals surface area contributed by atoms with E-state index in [1.807, 2.05) is 32.9 Å². The van der Waals surface area contributed by atoms with E-state index in [4.69, 9.17) is 4.74 Å². The Labute approximate surface area is 180 Å². The summed E-state index contributed by atoms with van der Waals surface area (Å²) in [4.78, 5) is 27.6. The van der Waals surface area contributed by atoms with Crippen molar-refractivity contribution in [1.29, 1.82) is 0 Å². The third kappa shape index (κ3) is 5.10. The molecule has 0 aromatic heterocycles. The number of nitrogens with one attached hydrogen (secondary N) is 2. The average Bonchev–Trinajstić information content (AvgIpc) is 2.72. The molecule has 2 N–H and O–H groups in total. The van der Waals surface area contributed by atoms with Gasteiger partial charge in [-0.25, -0.2) is 0 Å². The van der Waals surface area contributed by atoms with Gasteiger partial charge in [-0.05, 0) is 58.6 Å². The zero-order valence-electron chi connectivity index (χ0n) is 18.7. The number of Topliss-reactive ketones (excluding diaryl/α,β-unsaturated/α-hetero) is 1. The molecular formula is C24H35N3O3. The second-order valence-electron chi connectivity index (χ2n) is 8.44. The van der Waals surface area contributed by atoms with Crippen LogP contribution in [0.15, 0.2) is 29.3 Å². The maximum atomic E-state index is 12.9. The number of benzene rings is 1. The minimum atomic E-state index is -0.0283. The third-order valence-corrected chi connectivity index (χ3v) is 6.25. The fourth-order valence-electron chi connectivity index (χ4n) is 4.62. The summed E-state index contributed by atoms with van der Waals surface area (Å²) in [7, 11) is 0. The SMILES string of the molecule is CCN(c1cccc(C(=O)CNCC2=C(C)CC(C)NC2=O)c1C)C1CCOCC1. The van der Waals surface area contributed by atoms with Gasteiger partial charge in [0.15, 0.2) is 5.78 Å². The van der Waals surface area contributed by atoms with Gasteiger partial charge in [-0.2, -0.15) is 0 Å². The smallest absolute Gasteiger partial charge is 0.248 e. The zero-order chi connectivity index (χ0) is 21.7. The molecule has 0 radical (unpaired) electrons. The highest BCUT2D eigenvalue weighted by Crippen LogP contribution is 2.28. The highest BCUT2D eigenvalue weighted by atomic mass is 16.5. The number of ether oxygens (including phenoxy) is 1. The van der Waals surface area contributed by atoms with E-state index in [1.165, 1.54) is 0 Å². The highest BCUT2D eigenvalue weighted by molar-refractivity contribution is 6.00. The molecule has 1 aromatic carbocycles. The number of rotatable bonds is 8. The van der Waals surface area contributed by atoms with Crippen LogP contribution in [0.5, 0.6) is 0 Å². The number of carbonyl (C=O) groups is 2. The largest absolute Gasteiger partial charge is 0.381 e. The molecule has 2 aliphatic rings. The minimum absolute atomic E-state index is 0.0283. The van der Waals surface area contributed by atoms with Crippen LogP contribution in [0.25, 0.3) is 0 Å². The van der Waals surface area contributed by atoms with E-state index in [9.17, 15) is 9.59 Å². The van der Waals surface area contributed by atoms with Crippen LogP contribution in [0.4, 0.5) is 5.69 Å². The number of nitrogens with zero attached hydrogens (tertiary/aromatic N) is 1. The monoisotopic (exact) mass is 413 g/mol. The maximum Gasteiger partial charge on any atom is 0.248 e. The summed E-state index contributed by atoms with van der Waals surface area (Å²) in [6, 6.07) is 6.61. The molecule has 30 heavy (non-hydrogen) atoms. The van der Waals surface area contributed by atoms with Gasteiger partial charge in [0.1, 0.15) is 0 Å². The van der Waals surface area contributed by atoms with Gasteiger partial charge in [-0.3, -0.25) is 9.59 Å². The molecule has 0 aliphatic carbocycles. The lowest BCUT2D eigenvalue weighted by atomic mass is 9.97. The van der Waals surface area contributed by atoms with Crippen molar-refractivity contribution < 1.29 is 14.3 Å². The van der Waals surface area contributed by atoms with Gasteiger partial charge in [-0.1, -0.05) is 17.7 Å². The number of amides is 1. The third-order valence-electron chi connectivity index (χ3n) is 6.25. The van der Waals surface area contributed by atoms with E-state index in [0.717, 1.165) is 67.0 Å². The lowest BCUT2D eigenvalue weighted by Gasteiger charge is -2.36. The van der Waals surface area contributed by atoms with Gasteiger partial charge >= 0.3 is 0 Å². The van der Waals surface area contributed by atoms with Crippen molar-refractivity contribution in [1.82, 2.24) is 10.6 Å². The topological polar surface area (TPSA) is 70.7 Å². The lowest BCUT2D eigenvalue weighted by molar-refractivity contribution is -0.118. The van der Waals surface area contributed by atoms with Crippen LogP contribution in [0, 0.1) is 6.92 Å². The van der Waals surface area contributed by atoms with Crippen molar-refractivity contribution in [3.63, 3.8) is 0 Å². The summed E-state index contributed by atoms with van der Waals surface area (Å²) in [5.41, 5.74) is 4.76. The minimum Gasteiger partial charge on any atom is -0.381 e. The Balaban J connectivity index is 1.67.